The Hall–Kier alpha value is -3.39. The van der Waals surface area contributed by atoms with Crippen molar-refractivity contribution in [2.75, 3.05) is 11.1 Å². The molecule has 0 radical (unpaired) electrons. The summed E-state index contributed by atoms with van der Waals surface area (Å²) in [5.74, 6) is 0.656. The van der Waals surface area contributed by atoms with Crippen molar-refractivity contribution in [1.29, 1.82) is 0 Å². The fourth-order valence-electron chi connectivity index (χ4n) is 3.31. The maximum Gasteiger partial charge on any atom is 0.257 e. The third-order valence-electron chi connectivity index (χ3n) is 4.91. The van der Waals surface area contributed by atoms with Gasteiger partial charge in [0.25, 0.3) is 5.22 Å². The smallest absolute Gasteiger partial charge is 0.257 e. The first-order valence-corrected chi connectivity index (χ1v) is 12.7. The summed E-state index contributed by atoms with van der Waals surface area (Å²) in [4.78, 5) is 21.7. The van der Waals surface area contributed by atoms with E-state index in [1.807, 2.05) is 90.3 Å². The molecule has 0 unspecified atom stereocenters. The third-order valence-corrected chi connectivity index (χ3v) is 6.75. The molecular weight excluding hydrogens is 486 g/mol. The van der Waals surface area contributed by atoms with E-state index in [0.717, 1.165) is 28.1 Å². The Morgan fingerprint density at radius 1 is 0.882 bits per heavy atom. The molecule has 0 saturated heterocycles. The maximum atomic E-state index is 12.6. The minimum Gasteiger partial charge on any atom is -0.431 e. The van der Waals surface area contributed by atoms with E-state index in [0.29, 0.717) is 21.1 Å². The Kier molecular flexibility index (Phi) is 6.76. The molecule has 34 heavy (non-hydrogen) atoms. The second-order valence-corrected chi connectivity index (χ2v) is 9.49. The molecule has 0 atom stereocenters. The van der Waals surface area contributed by atoms with Gasteiger partial charge in [-0.2, -0.15) is 0 Å². The number of nitrogens with zero attached hydrogens (tertiary/aromatic N) is 2. The first-order chi connectivity index (χ1) is 16.7. The van der Waals surface area contributed by atoms with Crippen LogP contribution in [0.5, 0.6) is 0 Å². The van der Waals surface area contributed by atoms with Crippen LogP contribution in [0.1, 0.15) is 0 Å². The van der Waals surface area contributed by atoms with Crippen molar-refractivity contribution in [2.45, 2.75) is 5.22 Å². The van der Waals surface area contributed by atoms with Gasteiger partial charge < -0.3 is 9.73 Å². The highest BCUT2D eigenvalue weighted by Crippen LogP contribution is 2.35. The van der Waals surface area contributed by atoms with Gasteiger partial charge in [-0.05, 0) is 12.1 Å². The number of benzene rings is 3. The van der Waals surface area contributed by atoms with E-state index in [-0.39, 0.29) is 11.7 Å². The van der Waals surface area contributed by atoms with Crippen molar-refractivity contribution in [3.8, 4) is 33.8 Å². The van der Waals surface area contributed by atoms with Crippen molar-refractivity contribution in [3.63, 3.8) is 0 Å². The maximum absolute atomic E-state index is 12.6. The molecule has 5 nitrogen and oxygen atoms in total. The van der Waals surface area contributed by atoms with E-state index in [4.69, 9.17) is 16.0 Å². The third kappa shape index (κ3) is 5.22. The number of thioether (sulfide) groups is 1. The van der Waals surface area contributed by atoms with E-state index in [1.165, 1.54) is 23.1 Å². The van der Waals surface area contributed by atoms with Crippen LogP contribution in [0.3, 0.4) is 0 Å². The highest BCUT2D eigenvalue weighted by atomic mass is 35.5. The number of hydrogen-bond acceptors (Lipinski definition) is 6. The standard InChI is InChI=1S/C26H18ClN3O2S2/c27-20-13-11-17(12-14-20)21-15-33-25(28-21)29-22(31)16-34-26-30-23(18-7-3-1-4-8-18)24(32-26)19-9-5-2-6-10-19/h1-15H,16H2,(H,28,29,31). The normalized spacial score (nSPS) is 10.9. The average Bonchev–Trinajstić information content (AvgIpc) is 3.52. The van der Waals surface area contributed by atoms with Gasteiger partial charge >= 0.3 is 0 Å². The van der Waals surface area contributed by atoms with Crippen molar-refractivity contribution in [2.24, 2.45) is 0 Å². The van der Waals surface area contributed by atoms with E-state index in [1.54, 1.807) is 0 Å². The number of thiazole rings is 1. The second kappa shape index (κ2) is 10.3. The fourth-order valence-corrected chi connectivity index (χ4v) is 4.79. The molecule has 168 valence electrons. The van der Waals surface area contributed by atoms with Crippen molar-refractivity contribution >= 4 is 45.7 Å². The Bertz CT molecular complexity index is 1340. The Morgan fingerprint density at radius 3 is 2.26 bits per heavy atom. The molecular formula is C26H18ClN3O2S2. The quantitative estimate of drug-likeness (QED) is 0.233. The van der Waals surface area contributed by atoms with Crippen molar-refractivity contribution in [3.05, 3.63) is 95.3 Å². The summed E-state index contributed by atoms with van der Waals surface area (Å²) >= 11 is 8.57. The number of anilines is 1. The molecule has 0 fully saturated rings. The number of hydrogen-bond donors (Lipinski definition) is 1. The minimum absolute atomic E-state index is 0.152. The van der Waals surface area contributed by atoms with Crippen LogP contribution in [0.15, 0.2) is 99.9 Å². The largest absolute Gasteiger partial charge is 0.431 e. The molecule has 5 rings (SSSR count). The monoisotopic (exact) mass is 503 g/mol. The lowest BCUT2D eigenvalue weighted by atomic mass is 10.1. The molecule has 0 bridgehead atoms. The lowest BCUT2D eigenvalue weighted by Crippen LogP contribution is -2.13. The highest BCUT2D eigenvalue weighted by molar-refractivity contribution is 7.99. The summed E-state index contributed by atoms with van der Waals surface area (Å²) in [7, 11) is 0. The zero-order valence-corrected chi connectivity index (χ0v) is 20.2. The summed E-state index contributed by atoms with van der Waals surface area (Å²) in [5.41, 5.74) is 4.37. The first-order valence-electron chi connectivity index (χ1n) is 10.4. The average molecular weight is 504 g/mol. The number of carbonyl (C=O) groups is 1. The van der Waals surface area contributed by atoms with E-state index < -0.39 is 0 Å². The molecule has 1 amide bonds. The molecule has 0 saturated carbocycles. The van der Waals surface area contributed by atoms with Crippen LogP contribution in [0.25, 0.3) is 33.8 Å². The number of rotatable bonds is 7. The van der Waals surface area contributed by atoms with Crippen LogP contribution in [-0.4, -0.2) is 21.6 Å². The molecule has 2 aromatic heterocycles. The summed E-state index contributed by atoms with van der Waals surface area (Å²) in [5, 5.41) is 6.40. The Morgan fingerprint density at radius 2 is 1.56 bits per heavy atom. The first kappa shape index (κ1) is 22.4. The van der Waals surface area contributed by atoms with Crippen LogP contribution in [-0.2, 0) is 4.79 Å². The number of amides is 1. The summed E-state index contributed by atoms with van der Waals surface area (Å²) < 4.78 is 6.08. The minimum atomic E-state index is -0.178. The van der Waals surface area contributed by atoms with Crippen LogP contribution in [0.4, 0.5) is 5.13 Å². The highest BCUT2D eigenvalue weighted by Gasteiger charge is 2.18. The van der Waals surface area contributed by atoms with Gasteiger partial charge in [0.05, 0.1) is 11.4 Å². The number of nitrogens with one attached hydrogen (secondary N) is 1. The van der Waals surface area contributed by atoms with Gasteiger partial charge in [-0.1, -0.05) is 96.2 Å². The van der Waals surface area contributed by atoms with Crippen molar-refractivity contribution < 1.29 is 9.21 Å². The molecule has 2 heterocycles. The molecule has 0 aliphatic rings. The van der Waals surface area contributed by atoms with Gasteiger partial charge in [-0.25, -0.2) is 9.97 Å². The van der Waals surface area contributed by atoms with Crippen LogP contribution < -0.4 is 5.32 Å². The van der Waals surface area contributed by atoms with Crippen LogP contribution >= 0.6 is 34.7 Å². The van der Waals surface area contributed by atoms with Gasteiger partial charge in [0.1, 0.15) is 5.69 Å². The number of oxazole rings is 1. The molecule has 8 heteroatoms. The zero-order chi connectivity index (χ0) is 23.3. The number of carbonyl (C=O) groups excluding carboxylic acids is 1. The van der Waals surface area contributed by atoms with E-state index in [9.17, 15) is 4.79 Å². The predicted octanol–water partition coefficient (Wildman–Crippen LogP) is 7.52. The lowest BCUT2D eigenvalue weighted by molar-refractivity contribution is -0.113. The molecule has 0 spiro atoms. The van der Waals surface area contributed by atoms with Gasteiger partial charge in [0.2, 0.25) is 5.91 Å². The summed E-state index contributed by atoms with van der Waals surface area (Å²) in [6, 6.07) is 27.1. The van der Waals surface area contributed by atoms with Gasteiger partial charge in [-0.3, -0.25) is 4.79 Å². The predicted molar refractivity (Wildman–Crippen MR) is 139 cm³/mol. The van der Waals surface area contributed by atoms with E-state index >= 15 is 0 Å². The summed E-state index contributed by atoms with van der Waals surface area (Å²) in [6.07, 6.45) is 0. The van der Waals surface area contributed by atoms with Crippen LogP contribution in [0.2, 0.25) is 5.02 Å². The molecule has 5 aromatic rings. The van der Waals surface area contributed by atoms with E-state index in [2.05, 4.69) is 15.3 Å². The van der Waals surface area contributed by atoms with Crippen LogP contribution in [0, 0.1) is 0 Å². The number of aromatic nitrogens is 2. The number of halogens is 1. The lowest BCUT2D eigenvalue weighted by Gasteiger charge is -2.00. The Balaban J connectivity index is 1.28. The topological polar surface area (TPSA) is 68.0 Å². The fraction of sp³-hybridized carbons (Fsp3) is 0.0385. The second-order valence-electron chi connectivity index (χ2n) is 7.27. The molecule has 0 aliphatic heterocycles. The van der Waals surface area contributed by atoms with Crippen molar-refractivity contribution in [1.82, 2.24) is 9.97 Å². The van der Waals surface area contributed by atoms with Gasteiger partial charge in [-0.15, -0.1) is 11.3 Å². The van der Waals surface area contributed by atoms with Gasteiger partial charge in [0, 0.05) is 27.1 Å². The summed E-state index contributed by atoms with van der Waals surface area (Å²) in [6.45, 7) is 0. The van der Waals surface area contributed by atoms with Gasteiger partial charge in [0.15, 0.2) is 10.9 Å². The zero-order valence-electron chi connectivity index (χ0n) is 17.8. The molecule has 1 N–H and O–H groups in total. The molecule has 3 aromatic carbocycles. The SMILES string of the molecule is O=C(CSc1nc(-c2ccccc2)c(-c2ccccc2)o1)Nc1nc(-c2ccc(Cl)cc2)cs1. The molecule has 0 aliphatic carbocycles. The Labute approximate surface area is 209 Å².